The van der Waals surface area contributed by atoms with E-state index < -0.39 is 0 Å². The lowest BCUT2D eigenvalue weighted by atomic mass is 10.2. The zero-order chi connectivity index (χ0) is 18.5. The maximum absolute atomic E-state index is 13.0. The maximum Gasteiger partial charge on any atom is 0.267 e. The highest BCUT2D eigenvalue weighted by molar-refractivity contribution is 8.18. The molecule has 0 bridgehead atoms. The molecule has 0 N–H and O–H groups in total. The van der Waals surface area contributed by atoms with Gasteiger partial charge < -0.3 is 0 Å². The average Bonchev–Trinajstić information content (AvgIpc) is 3.32. The fraction of sp³-hybridized carbons (Fsp3) is 0.0909. The summed E-state index contributed by atoms with van der Waals surface area (Å²) < 4.78 is 0. The molecule has 3 nitrogen and oxygen atoms in total. The predicted octanol–water partition coefficient (Wildman–Crippen LogP) is 5.42. The Morgan fingerprint density at radius 3 is 2.30 bits per heavy atom. The Hall–Kier alpha value is -2.63. The highest BCUT2D eigenvalue weighted by atomic mass is 32.2. The van der Waals surface area contributed by atoms with E-state index in [0.717, 1.165) is 26.8 Å². The highest BCUT2D eigenvalue weighted by Gasteiger charge is 2.33. The van der Waals surface area contributed by atoms with Crippen LogP contribution in [0.25, 0.3) is 6.08 Å². The van der Waals surface area contributed by atoms with Crippen LogP contribution >= 0.6 is 23.1 Å². The number of carbonyl (C=O) groups is 1. The van der Waals surface area contributed by atoms with Crippen LogP contribution in [-0.2, 0) is 17.9 Å². The molecule has 1 amide bonds. The molecular weight excluding hydrogens is 372 g/mol. The minimum absolute atomic E-state index is 0.0156. The van der Waals surface area contributed by atoms with Crippen molar-refractivity contribution in [3.63, 3.8) is 0 Å². The molecule has 134 valence electrons. The van der Waals surface area contributed by atoms with Crippen LogP contribution in [0.3, 0.4) is 0 Å². The zero-order valence-corrected chi connectivity index (χ0v) is 16.2. The Labute approximate surface area is 167 Å². The van der Waals surface area contributed by atoms with Gasteiger partial charge >= 0.3 is 0 Å². The Kier molecular flexibility index (Phi) is 5.51. The smallest absolute Gasteiger partial charge is 0.267 e. The van der Waals surface area contributed by atoms with E-state index in [0.29, 0.717) is 13.1 Å². The number of rotatable bonds is 5. The summed E-state index contributed by atoms with van der Waals surface area (Å²) in [5.41, 5.74) is 3.28. The van der Waals surface area contributed by atoms with E-state index in [1.165, 1.54) is 11.8 Å². The number of amides is 1. The van der Waals surface area contributed by atoms with Gasteiger partial charge in [0.25, 0.3) is 5.91 Å². The standard InChI is InChI=1S/C22H18N2OS2/c25-21-20(13-19-11-12-26-16-19)27-22(23-14-17-7-3-1-4-8-17)24(21)15-18-9-5-2-6-10-18/h1-13,16H,14-15H2/b20-13+,23-22?. The van der Waals surface area contributed by atoms with Gasteiger partial charge in [-0.15, -0.1) is 0 Å². The summed E-state index contributed by atoms with van der Waals surface area (Å²) in [5, 5.41) is 4.82. The summed E-state index contributed by atoms with van der Waals surface area (Å²) in [6.07, 6.45) is 1.95. The number of carbonyl (C=O) groups excluding carboxylic acids is 1. The molecule has 3 aromatic rings. The van der Waals surface area contributed by atoms with E-state index in [2.05, 4.69) is 12.1 Å². The molecule has 0 saturated carbocycles. The Bertz CT molecular complexity index is 964. The third kappa shape index (κ3) is 4.38. The van der Waals surface area contributed by atoms with Gasteiger partial charge in [-0.1, -0.05) is 60.7 Å². The normalized spacial score (nSPS) is 17.2. The number of amidine groups is 1. The van der Waals surface area contributed by atoms with E-state index in [1.54, 1.807) is 16.2 Å². The molecule has 2 aromatic carbocycles. The molecule has 2 heterocycles. The first-order chi connectivity index (χ1) is 13.3. The van der Waals surface area contributed by atoms with E-state index in [4.69, 9.17) is 4.99 Å². The molecule has 0 aliphatic carbocycles. The van der Waals surface area contributed by atoms with Crippen molar-refractivity contribution in [2.45, 2.75) is 13.1 Å². The summed E-state index contributed by atoms with van der Waals surface area (Å²) in [4.78, 5) is 20.3. The average molecular weight is 391 g/mol. The third-order valence-corrected chi connectivity index (χ3v) is 5.90. The number of aliphatic imine (C=N–C) groups is 1. The van der Waals surface area contributed by atoms with Gasteiger partial charge in [0.1, 0.15) is 0 Å². The van der Waals surface area contributed by atoms with Gasteiger partial charge in [-0.05, 0) is 51.4 Å². The number of benzene rings is 2. The zero-order valence-electron chi connectivity index (χ0n) is 14.6. The van der Waals surface area contributed by atoms with Crippen LogP contribution < -0.4 is 0 Å². The second-order valence-electron chi connectivity index (χ2n) is 6.13. The molecule has 0 unspecified atom stereocenters. The number of thiophene rings is 1. The van der Waals surface area contributed by atoms with Crippen LogP contribution in [-0.4, -0.2) is 16.0 Å². The van der Waals surface area contributed by atoms with Crippen LogP contribution in [0.5, 0.6) is 0 Å². The van der Waals surface area contributed by atoms with Crippen LogP contribution in [0.15, 0.2) is 87.4 Å². The number of hydrogen-bond donors (Lipinski definition) is 0. The second kappa shape index (κ2) is 8.37. The maximum atomic E-state index is 13.0. The van der Waals surface area contributed by atoms with Crippen LogP contribution in [0.4, 0.5) is 0 Å². The molecule has 5 heteroatoms. The summed E-state index contributed by atoms with van der Waals surface area (Å²) in [6.45, 7) is 1.09. The highest BCUT2D eigenvalue weighted by Crippen LogP contribution is 2.34. The fourth-order valence-corrected chi connectivity index (χ4v) is 4.38. The topological polar surface area (TPSA) is 32.7 Å². The first-order valence-corrected chi connectivity index (χ1v) is 10.4. The van der Waals surface area contributed by atoms with Crippen LogP contribution in [0.2, 0.25) is 0 Å². The van der Waals surface area contributed by atoms with Crippen molar-refractivity contribution in [1.82, 2.24) is 4.90 Å². The monoisotopic (exact) mass is 390 g/mol. The predicted molar refractivity (Wildman–Crippen MR) is 114 cm³/mol. The SMILES string of the molecule is O=C1/C(=C\c2ccsc2)SC(=NCc2ccccc2)N1Cc1ccccc1. The van der Waals surface area contributed by atoms with Gasteiger partial charge in [0.15, 0.2) is 5.17 Å². The van der Waals surface area contributed by atoms with Gasteiger partial charge in [0.05, 0.1) is 18.0 Å². The summed E-state index contributed by atoms with van der Waals surface area (Å²) >= 11 is 3.08. The lowest BCUT2D eigenvalue weighted by Gasteiger charge is -2.15. The van der Waals surface area contributed by atoms with Crippen molar-refractivity contribution >= 4 is 40.2 Å². The van der Waals surface area contributed by atoms with E-state index in [1.807, 2.05) is 71.4 Å². The van der Waals surface area contributed by atoms with Crippen LogP contribution in [0, 0.1) is 0 Å². The van der Waals surface area contributed by atoms with Crippen molar-refractivity contribution in [2.24, 2.45) is 4.99 Å². The molecule has 1 aliphatic rings. The molecule has 1 saturated heterocycles. The van der Waals surface area contributed by atoms with Gasteiger partial charge in [0.2, 0.25) is 0 Å². The fourth-order valence-electron chi connectivity index (χ4n) is 2.78. The van der Waals surface area contributed by atoms with E-state index in [-0.39, 0.29) is 5.91 Å². The van der Waals surface area contributed by atoms with E-state index in [9.17, 15) is 4.79 Å². The minimum Gasteiger partial charge on any atom is -0.282 e. The number of nitrogens with zero attached hydrogens (tertiary/aromatic N) is 2. The molecule has 0 radical (unpaired) electrons. The lowest BCUT2D eigenvalue weighted by molar-refractivity contribution is -0.122. The van der Waals surface area contributed by atoms with Crippen molar-refractivity contribution < 1.29 is 4.79 Å². The van der Waals surface area contributed by atoms with Crippen molar-refractivity contribution in [2.75, 3.05) is 0 Å². The molecular formula is C22H18N2OS2. The van der Waals surface area contributed by atoms with Gasteiger partial charge in [0, 0.05) is 0 Å². The molecule has 0 atom stereocenters. The largest absolute Gasteiger partial charge is 0.282 e. The van der Waals surface area contributed by atoms with Gasteiger partial charge in [-0.25, -0.2) is 0 Å². The first kappa shape index (κ1) is 17.8. The summed E-state index contributed by atoms with van der Waals surface area (Å²) in [5.74, 6) is 0.0156. The van der Waals surface area contributed by atoms with Crippen molar-refractivity contribution in [3.8, 4) is 0 Å². The van der Waals surface area contributed by atoms with Crippen LogP contribution in [0.1, 0.15) is 16.7 Å². The lowest BCUT2D eigenvalue weighted by Crippen LogP contribution is -2.28. The molecule has 4 rings (SSSR count). The van der Waals surface area contributed by atoms with Crippen molar-refractivity contribution in [3.05, 3.63) is 99.1 Å². The number of hydrogen-bond acceptors (Lipinski definition) is 4. The quantitative estimate of drug-likeness (QED) is 0.545. The minimum atomic E-state index is 0.0156. The van der Waals surface area contributed by atoms with Gasteiger partial charge in [-0.2, -0.15) is 11.3 Å². The number of thioether (sulfide) groups is 1. The molecule has 0 spiro atoms. The van der Waals surface area contributed by atoms with E-state index >= 15 is 0 Å². The first-order valence-electron chi connectivity index (χ1n) is 8.65. The molecule has 1 aromatic heterocycles. The Morgan fingerprint density at radius 2 is 1.63 bits per heavy atom. The Morgan fingerprint density at radius 1 is 0.926 bits per heavy atom. The van der Waals surface area contributed by atoms with Crippen molar-refractivity contribution in [1.29, 1.82) is 0 Å². The summed E-state index contributed by atoms with van der Waals surface area (Å²) in [7, 11) is 0. The molecule has 1 aliphatic heterocycles. The second-order valence-corrected chi connectivity index (χ2v) is 7.92. The summed E-state index contributed by atoms with van der Waals surface area (Å²) in [6, 6.07) is 22.2. The molecule has 27 heavy (non-hydrogen) atoms. The van der Waals surface area contributed by atoms with Gasteiger partial charge in [-0.3, -0.25) is 14.7 Å². The third-order valence-electron chi connectivity index (χ3n) is 4.15. The molecule has 1 fully saturated rings. The Balaban J connectivity index is 1.62.